The lowest BCUT2D eigenvalue weighted by molar-refractivity contribution is 0.626. The van der Waals surface area contributed by atoms with Crippen molar-refractivity contribution in [3.05, 3.63) is 28.5 Å². The Bertz CT molecular complexity index is 286. The first kappa shape index (κ1) is 9.33. The molecule has 12 heavy (non-hydrogen) atoms. The maximum atomic E-state index is 12.8. The molecule has 1 N–H and O–H groups in total. The minimum Gasteiger partial charge on any atom is -0.387 e. The summed E-state index contributed by atoms with van der Waals surface area (Å²) in [7, 11) is 1.78. The normalized spacial score (nSPS) is 10.0. The molecule has 0 heterocycles. The molecule has 0 radical (unpaired) electrons. The molecule has 0 saturated heterocycles. The number of anilines is 1. The van der Waals surface area contributed by atoms with Gasteiger partial charge in [0.15, 0.2) is 0 Å². The minimum absolute atomic E-state index is 0.282. The minimum atomic E-state index is -0.282. The van der Waals surface area contributed by atoms with Crippen molar-refractivity contribution in [2.24, 2.45) is 0 Å². The van der Waals surface area contributed by atoms with Crippen molar-refractivity contribution in [1.82, 2.24) is 0 Å². The van der Waals surface area contributed by atoms with Crippen LogP contribution >= 0.6 is 11.6 Å². The van der Waals surface area contributed by atoms with Crippen LogP contribution in [0.15, 0.2) is 12.1 Å². The molecule has 1 aromatic rings. The Morgan fingerprint density at radius 3 is 2.67 bits per heavy atom. The Morgan fingerprint density at radius 1 is 1.50 bits per heavy atom. The van der Waals surface area contributed by atoms with Crippen LogP contribution in [-0.4, -0.2) is 7.05 Å². The van der Waals surface area contributed by atoms with Crippen molar-refractivity contribution in [3.63, 3.8) is 0 Å². The molecular weight excluding hydrogens is 177 g/mol. The maximum Gasteiger partial charge on any atom is 0.125 e. The molecule has 0 aromatic heterocycles. The summed E-state index contributed by atoms with van der Waals surface area (Å²) >= 11 is 5.81. The third kappa shape index (κ3) is 1.69. The number of aryl methyl sites for hydroxylation is 1. The first-order chi connectivity index (χ1) is 5.69. The molecule has 3 heteroatoms. The average Bonchev–Trinajstić information content (AvgIpc) is 2.03. The SMILES string of the molecule is CCc1cc(F)cc(Cl)c1NC. The highest BCUT2D eigenvalue weighted by molar-refractivity contribution is 6.33. The molecule has 0 fully saturated rings. The first-order valence-corrected chi connectivity index (χ1v) is 4.22. The molecule has 0 spiro atoms. The van der Waals surface area contributed by atoms with E-state index in [0.717, 1.165) is 17.7 Å². The van der Waals surface area contributed by atoms with Crippen LogP contribution in [0.1, 0.15) is 12.5 Å². The van der Waals surface area contributed by atoms with Crippen LogP contribution in [0.3, 0.4) is 0 Å². The summed E-state index contributed by atoms with van der Waals surface area (Å²) in [6.07, 6.45) is 0.771. The van der Waals surface area contributed by atoms with E-state index in [2.05, 4.69) is 5.32 Å². The van der Waals surface area contributed by atoms with Crippen LogP contribution in [0.25, 0.3) is 0 Å². The second-order valence-corrected chi connectivity index (χ2v) is 2.93. The summed E-state index contributed by atoms with van der Waals surface area (Å²) in [5, 5.41) is 3.38. The summed E-state index contributed by atoms with van der Waals surface area (Å²) < 4.78 is 12.8. The van der Waals surface area contributed by atoms with E-state index in [1.807, 2.05) is 6.92 Å². The fourth-order valence-corrected chi connectivity index (χ4v) is 1.51. The molecule has 0 aliphatic rings. The molecule has 0 unspecified atom stereocenters. The van der Waals surface area contributed by atoms with Crippen molar-refractivity contribution in [3.8, 4) is 0 Å². The van der Waals surface area contributed by atoms with E-state index in [1.54, 1.807) is 7.05 Å². The van der Waals surface area contributed by atoms with Crippen molar-refractivity contribution in [1.29, 1.82) is 0 Å². The molecule has 0 aliphatic heterocycles. The highest BCUT2D eigenvalue weighted by Crippen LogP contribution is 2.27. The average molecular weight is 188 g/mol. The number of nitrogens with one attached hydrogen (secondary N) is 1. The van der Waals surface area contributed by atoms with Crippen molar-refractivity contribution in [2.45, 2.75) is 13.3 Å². The topological polar surface area (TPSA) is 12.0 Å². The smallest absolute Gasteiger partial charge is 0.125 e. The quantitative estimate of drug-likeness (QED) is 0.751. The van der Waals surface area contributed by atoms with Gasteiger partial charge in [0, 0.05) is 7.05 Å². The predicted octanol–water partition coefficient (Wildman–Crippen LogP) is 3.08. The number of benzene rings is 1. The number of halogens is 2. The molecule has 0 bridgehead atoms. The van der Waals surface area contributed by atoms with Crippen LogP contribution in [0, 0.1) is 5.82 Å². The van der Waals surface area contributed by atoms with Gasteiger partial charge in [-0.3, -0.25) is 0 Å². The Morgan fingerprint density at radius 2 is 2.17 bits per heavy atom. The van der Waals surface area contributed by atoms with Crippen LogP contribution in [0.4, 0.5) is 10.1 Å². The molecule has 1 nitrogen and oxygen atoms in total. The van der Waals surface area contributed by atoms with E-state index < -0.39 is 0 Å². The zero-order chi connectivity index (χ0) is 9.14. The first-order valence-electron chi connectivity index (χ1n) is 3.84. The molecule has 0 amide bonds. The highest BCUT2D eigenvalue weighted by atomic mass is 35.5. The number of hydrogen-bond acceptors (Lipinski definition) is 1. The summed E-state index contributed by atoms with van der Waals surface area (Å²) in [5.74, 6) is -0.282. The van der Waals surface area contributed by atoms with E-state index in [1.165, 1.54) is 12.1 Å². The van der Waals surface area contributed by atoms with Gasteiger partial charge in [0.2, 0.25) is 0 Å². The fourth-order valence-electron chi connectivity index (χ4n) is 1.19. The zero-order valence-corrected chi connectivity index (χ0v) is 7.87. The van der Waals surface area contributed by atoms with Crippen molar-refractivity contribution < 1.29 is 4.39 Å². The summed E-state index contributed by atoms with van der Waals surface area (Å²) in [4.78, 5) is 0. The second-order valence-electron chi connectivity index (χ2n) is 2.53. The standard InChI is InChI=1S/C9H11ClFN/c1-3-6-4-7(11)5-8(10)9(6)12-2/h4-5,12H,3H2,1-2H3. The zero-order valence-electron chi connectivity index (χ0n) is 7.12. The Labute approximate surface area is 76.5 Å². The van der Waals surface area contributed by atoms with E-state index >= 15 is 0 Å². The van der Waals surface area contributed by atoms with Crippen molar-refractivity contribution in [2.75, 3.05) is 12.4 Å². The largest absolute Gasteiger partial charge is 0.387 e. The van der Waals surface area contributed by atoms with E-state index in [9.17, 15) is 4.39 Å². The Balaban J connectivity index is 3.24. The predicted molar refractivity (Wildman–Crippen MR) is 50.3 cm³/mol. The van der Waals surface area contributed by atoms with Crippen LogP contribution in [0.2, 0.25) is 5.02 Å². The maximum absolute atomic E-state index is 12.8. The number of rotatable bonds is 2. The van der Waals surface area contributed by atoms with Gasteiger partial charge in [0.1, 0.15) is 5.82 Å². The molecule has 66 valence electrons. The van der Waals surface area contributed by atoms with Crippen LogP contribution < -0.4 is 5.32 Å². The Kier molecular flexibility index (Phi) is 2.93. The highest BCUT2D eigenvalue weighted by Gasteiger charge is 2.05. The van der Waals surface area contributed by atoms with Gasteiger partial charge in [-0.1, -0.05) is 18.5 Å². The van der Waals surface area contributed by atoms with Gasteiger partial charge in [0.05, 0.1) is 10.7 Å². The van der Waals surface area contributed by atoms with E-state index in [-0.39, 0.29) is 5.82 Å². The fraction of sp³-hybridized carbons (Fsp3) is 0.333. The van der Waals surface area contributed by atoms with Gasteiger partial charge in [-0.25, -0.2) is 4.39 Å². The van der Waals surface area contributed by atoms with Crippen LogP contribution in [0.5, 0.6) is 0 Å². The van der Waals surface area contributed by atoms with Crippen LogP contribution in [-0.2, 0) is 6.42 Å². The van der Waals surface area contributed by atoms with Gasteiger partial charge < -0.3 is 5.32 Å². The lowest BCUT2D eigenvalue weighted by Gasteiger charge is -2.08. The van der Waals surface area contributed by atoms with Gasteiger partial charge in [-0.05, 0) is 24.1 Å². The third-order valence-electron chi connectivity index (χ3n) is 1.77. The van der Waals surface area contributed by atoms with Gasteiger partial charge in [-0.15, -0.1) is 0 Å². The number of hydrogen-bond donors (Lipinski definition) is 1. The summed E-state index contributed by atoms with van der Waals surface area (Å²) in [6.45, 7) is 1.96. The second kappa shape index (κ2) is 3.76. The van der Waals surface area contributed by atoms with E-state index in [0.29, 0.717) is 5.02 Å². The molecular formula is C9H11ClFN. The summed E-state index contributed by atoms with van der Waals surface area (Å²) in [6, 6.07) is 2.81. The molecule has 0 saturated carbocycles. The van der Waals surface area contributed by atoms with E-state index in [4.69, 9.17) is 11.6 Å². The molecule has 0 aliphatic carbocycles. The lowest BCUT2D eigenvalue weighted by atomic mass is 10.1. The van der Waals surface area contributed by atoms with Gasteiger partial charge in [0.25, 0.3) is 0 Å². The third-order valence-corrected chi connectivity index (χ3v) is 2.07. The molecule has 1 aromatic carbocycles. The summed E-state index contributed by atoms with van der Waals surface area (Å²) in [5.41, 5.74) is 1.73. The lowest BCUT2D eigenvalue weighted by Crippen LogP contribution is -1.96. The van der Waals surface area contributed by atoms with Gasteiger partial charge in [-0.2, -0.15) is 0 Å². The molecule has 0 atom stereocenters. The van der Waals surface area contributed by atoms with Crippen molar-refractivity contribution >= 4 is 17.3 Å². The Hall–Kier alpha value is -0.760. The molecule has 1 rings (SSSR count). The monoisotopic (exact) mass is 187 g/mol. The van der Waals surface area contributed by atoms with Gasteiger partial charge >= 0.3 is 0 Å².